The van der Waals surface area contributed by atoms with Crippen molar-refractivity contribution in [2.75, 3.05) is 19.0 Å². The molecule has 0 saturated carbocycles. The summed E-state index contributed by atoms with van der Waals surface area (Å²) >= 11 is 1.58. The summed E-state index contributed by atoms with van der Waals surface area (Å²) in [6, 6.07) is 12.3. The fourth-order valence-electron chi connectivity index (χ4n) is 3.71. The number of benzene rings is 2. The number of halogens is 1. The number of fused-ring (bicyclic) bond motifs is 1. The van der Waals surface area contributed by atoms with Crippen molar-refractivity contribution in [3.8, 4) is 22.6 Å². The van der Waals surface area contributed by atoms with Crippen LogP contribution in [0.15, 0.2) is 47.8 Å². The molecule has 1 amide bonds. The van der Waals surface area contributed by atoms with Crippen LogP contribution in [-0.2, 0) is 4.79 Å². The van der Waals surface area contributed by atoms with E-state index in [9.17, 15) is 9.18 Å². The van der Waals surface area contributed by atoms with E-state index < -0.39 is 0 Å². The first-order valence-electron chi connectivity index (χ1n) is 10.1. The van der Waals surface area contributed by atoms with E-state index in [0.717, 1.165) is 40.1 Å². The molecule has 156 valence electrons. The number of carbonyl (C=O) groups is 1. The SMILES string of the molecule is CCCCOc1ccc([C@@H]2CC(=O)Nc3c(-c4cccc(F)c4)csc32)cc1OC. The molecule has 1 aliphatic rings. The Morgan fingerprint density at radius 2 is 2.07 bits per heavy atom. The third kappa shape index (κ3) is 4.05. The second-order valence-corrected chi connectivity index (χ2v) is 8.23. The van der Waals surface area contributed by atoms with E-state index in [4.69, 9.17) is 9.47 Å². The number of anilines is 1. The number of hydrogen-bond donors (Lipinski definition) is 1. The summed E-state index contributed by atoms with van der Waals surface area (Å²) in [5.41, 5.74) is 3.37. The summed E-state index contributed by atoms with van der Waals surface area (Å²) in [5, 5.41) is 4.98. The van der Waals surface area contributed by atoms with Crippen LogP contribution in [0.1, 0.15) is 42.5 Å². The van der Waals surface area contributed by atoms with Gasteiger partial charge in [-0.1, -0.05) is 31.5 Å². The van der Waals surface area contributed by atoms with Crippen LogP contribution < -0.4 is 14.8 Å². The number of thiophene rings is 1. The Balaban J connectivity index is 1.69. The smallest absolute Gasteiger partial charge is 0.225 e. The van der Waals surface area contributed by atoms with E-state index in [2.05, 4.69) is 12.2 Å². The van der Waals surface area contributed by atoms with Crippen molar-refractivity contribution in [2.45, 2.75) is 32.1 Å². The molecular formula is C24H24FNO3S. The lowest BCUT2D eigenvalue weighted by molar-refractivity contribution is -0.116. The standard InChI is InChI=1S/C24H24FNO3S/c1-3-4-10-29-20-9-8-16(12-21(20)28-2)18-13-22(27)26-23-19(14-30-24(18)23)15-6-5-7-17(25)11-15/h5-9,11-12,14,18H,3-4,10,13H2,1-2H3,(H,26,27)/t18-/m0/s1. The van der Waals surface area contributed by atoms with E-state index in [1.807, 2.05) is 29.6 Å². The average Bonchev–Trinajstić information content (AvgIpc) is 3.17. The Bertz CT molecular complexity index is 1060. The minimum absolute atomic E-state index is 0.0502. The maximum absolute atomic E-state index is 13.7. The average molecular weight is 426 g/mol. The molecule has 2 aromatic carbocycles. The second-order valence-electron chi connectivity index (χ2n) is 7.32. The van der Waals surface area contributed by atoms with Gasteiger partial charge in [-0.05, 0) is 41.8 Å². The van der Waals surface area contributed by atoms with Crippen LogP contribution in [0.3, 0.4) is 0 Å². The molecule has 0 bridgehead atoms. The van der Waals surface area contributed by atoms with Gasteiger partial charge < -0.3 is 14.8 Å². The molecule has 4 nitrogen and oxygen atoms in total. The molecule has 0 spiro atoms. The number of unbranched alkanes of at least 4 members (excludes halogenated alkanes) is 1. The van der Waals surface area contributed by atoms with Crippen LogP contribution in [-0.4, -0.2) is 19.6 Å². The molecule has 1 N–H and O–H groups in total. The number of rotatable bonds is 7. The van der Waals surface area contributed by atoms with E-state index in [1.165, 1.54) is 12.1 Å². The molecule has 3 aromatic rings. The quantitative estimate of drug-likeness (QED) is 0.458. The second kappa shape index (κ2) is 8.88. The van der Waals surface area contributed by atoms with Gasteiger partial charge in [0, 0.05) is 28.2 Å². The number of methoxy groups -OCH3 is 1. The summed E-state index contributed by atoms with van der Waals surface area (Å²) in [6.07, 6.45) is 2.40. The van der Waals surface area contributed by atoms with Gasteiger partial charge in [0.1, 0.15) is 5.82 Å². The van der Waals surface area contributed by atoms with Crippen molar-refractivity contribution in [1.29, 1.82) is 0 Å². The van der Waals surface area contributed by atoms with E-state index in [1.54, 1.807) is 24.5 Å². The largest absolute Gasteiger partial charge is 0.493 e. The molecule has 1 atom stereocenters. The van der Waals surface area contributed by atoms with Gasteiger partial charge in [-0.25, -0.2) is 4.39 Å². The van der Waals surface area contributed by atoms with Gasteiger partial charge in [-0.3, -0.25) is 4.79 Å². The van der Waals surface area contributed by atoms with E-state index >= 15 is 0 Å². The number of ether oxygens (including phenoxy) is 2. The number of amides is 1. The van der Waals surface area contributed by atoms with Crippen molar-refractivity contribution in [3.63, 3.8) is 0 Å². The van der Waals surface area contributed by atoms with Gasteiger partial charge in [0.05, 0.1) is 19.4 Å². The molecule has 1 aliphatic heterocycles. The maximum atomic E-state index is 13.7. The zero-order chi connectivity index (χ0) is 21.1. The van der Waals surface area contributed by atoms with Crippen LogP contribution >= 0.6 is 11.3 Å². The highest BCUT2D eigenvalue weighted by Crippen LogP contribution is 2.47. The lowest BCUT2D eigenvalue weighted by Gasteiger charge is -2.24. The Hall–Kier alpha value is -2.86. The van der Waals surface area contributed by atoms with Crippen LogP contribution in [0, 0.1) is 5.82 Å². The molecule has 0 unspecified atom stereocenters. The first-order valence-corrected chi connectivity index (χ1v) is 11.0. The molecule has 0 aliphatic carbocycles. The van der Waals surface area contributed by atoms with Crippen molar-refractivity contribution in [3.05, 3.63) is 64.1 Å². The Morgan fingerprint density at radius 1 is 1.20 bits per heavy atom. The maximum Gasteiger partial charge on any atom is 0.225 e. The summed E-state index contributed by atoms with van der Waals surface area (Å²) in [6.45, 7) is 2.76. The fraction of sp³-hybridized carbons (Fsp3) is 0.292. The summed E-state index contributed by atoms with van der Waals surface area (Å²) < 4.78 is 25.1. The molecule has 6 heteroatoms. The van der Waals surface area contributed by atoms with Gasteiger partial charge in [0.25, 0.3) is 0 Å². The van der Waals surface area contributed by atoms with Crippen molar-refractivity contribution in [2.24, 2.45) is 0 Å². The van der Waals surface area contributed by atoms with Gasteiger partial charge in [-0.15, -0.1) is 11.3 Å². The molecule has 4 rings (SSSR count). The number of nitrogens with one attached hydrogen (secondary N) is 1. The zero-order valence-electron chi connectivity index (χ0n) is 17.0. The summed E-state index contributed by atoms with van der Waals surface area (Å²) in [5.74, 6) is 0.944. The van der Waals surface area contributed by atoms with E-state index in [0.29, 0.717) is 24.5 Å². The molecule has 0 radical (unpaired) electrons. The Morgan fingerprint density at radius 3 is 2.83 bits per heavy atom. The predicted molar refractivity (Wildman–Crippen MR) is 118 cm³/mol. The molecule has 0 fully saturated rings. The van der Waals surface area contributed by atoms with Crippen LogP contribution in [0.2, 0.25) is 0 Å². The summed E-state index contributed by atoms with van der Waals surface area (Å²) in [4.78, 5) is 13.6. The van der Waals surface area contributed by atoms with Gasteiger partial charge in [0.15, 0.2) is 11.5 Å². The van der Waals surface area contributed by atoms with Crippen molar-refractivity contribution < 1.29 is 18.7 Å². The van der Waals surface area contributed by atoms with Crippen molar-refractivity contribution in [1.82, 2.24) is 0 Å². The van der Waals surface area contributed by atoms with E-state index in [-0.39, 0.29) is 17.6 Å². The Labute approximate surface area is 179 Å². The third-order valence-electron chi connectivity index (χ3n) is 5.27. The highest BCUT2D eigenvalue weighted by Gasteiger charge is 2.31. The number of carbonyl (C=O) groups excluding carboxylic acids is 1. The Kier molecular flexibility index (Phi) is 6.04. The lowest BCUT2D eigenvalue weighted by Crippen LogP contribution is -2.22. The third-order valence-corrected chi connectivity index (χ3v) is 6.37. The van der Waals surface area contributed by atoms with Gasteiger partial charge >= 0.3 is 0 Å². The topological polar surface area (TPSA) is 47.6 Å². The van der Waals surface area contributed by atoms with Crippen LogP contribution in [0.5, 0.6) is 11.5 Å². The summed E-state index contributed by atoms with van der Waals surface area (Å²) in [7, 11) is 1.62. The highest BCUT2D eigenvalue weighted by atomic mass is 32.1. The molecule has 30 heavy (non-hydrogen) atoms. The van der Waals surface area contributed by atoms with Crippen LogP contribution in [0.25, 0.3) is 11.1 Å². The first kappa shape index (κ1) is 20.4. The fourth-order valence-corrected chi connectivity index (χ4v) is 4.87. The highest BCUT2D eigenvalue weighted by molar-refractivity contribution is 7.11. The normalized spacial score (nSPS) is 15.4. The molecule has 0 saturated heterocycles. The predicted octanol–water partition coefficient (Wildman–Crippen LogP) is 6.22. The zero-order valence-corrected chi connectivity index (χ0v) is 17.9. The lowest BCUT2D eigenvalue weighted by atomic mass is 9.89. The molecule has 2 heterocycles. The molecule has 1 aromatic heterocycles. The minimum atomic E-state index is -0.297. The van der Waals surface area contributed by atoms with Gasteiger partial charge in [-0.2, -0.15) is 0 Å². The minimum Gasteiger partial charge on any atom is -0.493 e. The monoisotopic (exact) mass is 425 g/mol. The van der Waals surface area contributed by atoms with Crippen LogP contribution in [0.4, 0.5) is 10.1 Å². The molecular weight excluding hydrogens is 401 g/mol. The first-order chi connectivity index (χ1) is 14.6. The van der Waals surface area contributed by atoms with Gasteiger partial charge in [0.2, 0.25) is 5.91 Å². The van der Waals surface area contributed by atoms with Crippen molar-refractivity contribution >= 4 is 22.9 Å². The number of hydrogen-bond acceptors (Lipinski definition) is 4.